The van der Waals surface area contributed by atoms with Crippen LogP contribution in [-0.2, 0) is 12.6 Å². The van der Waals surface area contributed by atoms with Crippen LogP contribution >= 0.6 is 22.9 Å². The van der Waals surface area contributed by atoms with Crippen LogP contribution in [-0.4, -0.2) is 17.4 Å². The molecule has 0 atom stereocenters. The number of aromatic nitrogens is 1. The van der Waals surface area contributed by atoms with E-state index >= 15 is 0 Å². The lowest BCUT2D eigenvalue weighted by Crippen LogP contribution is -2.26. The molecule has 3 nitrogen and oxygen atoms in total. The van der Waals surface area contributed by atoms with Crippen LogP contribution < -0.4 is 5.32 Å². The first-order valence-electron chi connectivity index (χ1n) is 7.99. The van der Waals surface area contributed by atoms with E-state index in [9.17, 15) is 18.0 Å². The van der Waals surface area contributed by atoms with Crippen LogP contribution in [0.2, 0.25) is 5.02 Å². The third-order valence-electron chi connectivity index (χ3n) is 3.78. The highest BCUT2D eigenvalue weighted by molar-refractivity contribution is 7.13. The summed E-state index contributed by atoms with van der Waals surface area (Å²) in [5.41, 5.74) is 0.696. The van der Waals surface area contributed by atoms with Gasteiger partial charge in [-0.05, 0) is 18.2 Å². The van der Waals surface area contributed by atoms with Crippen LogP contribution in [0, 0.1) is 0 Å². The molecule has 3 aromatic rings. The number of carbonyl (C=O) groups is 1. The molecule has 0 unspecified atom stereocenters. The molecule has 0 aliphatic rings. The van der Waals surface area contributed by atoms with Crippen molar-refractivity contribution < 1.29 is 18.0 Å². The van der Waals surface area contributed by atoms with Crippen molar-refractivity contribution in [1.29, 1.82) is 0 Å². The lowest BCUT2D eigenvalue weighted by molar-refractivity contribution is -0.137. The number of hydrogen-bond acceptors (Lipinski definition) is 3. The highest BCUT2D eigenvalue weighted by Gasteiger charge is 2.31. The average Bonchev–Trinajstić information content (AvgIpc) is 3.10. The number of nitrogens with zero attached hydrogens (tertiary/aromatic N) is 1. The lowest BCUT2D eigenvalue weighted by Gasteiger charge is -2.10. The number of hydrogen-bond donors (Lipinski definition) is 1. The van der Waals surface area contributed by atoms with Gasteiger partial charge in [0.05, 0.1) is 21.8 Å². The average molecular weight is 411 g/mol. The number of amides is 1. The summed E-state index contributed by atoms with van der Waals surface area (Å²) in [6.07, 6.45) is -4.07. The third kappa shape index (κ3) is 4.87. The number of benzene rings is 2. The molecule has 0 spiro atoms. The van der Waals surface area contributed by atoms with Gasteiger partial charge in [0.2, 0.25) is 0 Å². The zero-order valence-electron chi connectivity index (χ0n) is 13.9. The molecule has 140 valence electrons. The second-order valence-corrected chi connectivity index (χ2v) is 6.97. The number of nitrogens with one attached hydrogen (secondary N) is 1. The van der Waals surface area contributed by atoms with E-state index in [1.807, 2.05) is 35.7 Å². The first-order chi connectivity index (χ1) is 12.8. The third-order valence-corrected chi connectivity index (χ3v) is 5.05. The minimum Gasteiger partial charge on any atom is -0.352 e. The Hall–Kier alpha value is -2.38. The number of halogens is 4. The molecule has 8 heteroatoms. The van der Waals surface area contributed by atoms with Crippen molar-refractivity contribution in [1.82, 2.24) is 10.3 Å². The minimum atomic E-state index is -4.53. The largest absolute Gasteiger partial charge is 0.416 e. The SMILES string of the molecule is O=C(NCCc1csc(-c2ccccc2)n1)c1cc(C(F)(F)F)ccc1Cl. The van der Waals surface area contributed by atoms with Gasteiger partial charge in [-0.1, -0.05) is 41.9 Å². The first kappa shape index (κ1) is 19.4. The second kappa shape index (κ2) is 8.10. The van der Waals surface area contributed by atoms with Gasteiger partial charge in [0.25, 0.3) is 5.91 Å². The smallest absolute Gasteiger partial charge is 0.352 e. The van der Waals surface area contributed by atoms with E-state index in [1.54, 1.807) is 0 Å². The van der Waals surface area contributed by atoms with E-state index in [4.69, 9.17) is 11.6 Å². The molecular weight excluding hydrogens is 397 g/mol. The van der Waals surface area contributed by atoms with Gasteiger partial charge in [-0.2, -0.15) is 13.2 Å². The molecule has 1 amide bonds. The molecule has 3 rings (SSSR count). The predicted molar refractivity (Wildman–Crippen MR) is 100 cm³/mol. The molecular formula is C19H14ClF3N2OS. The monoisotopic (exact) mass is 410 g/mol. The molecule has 1 heterocycles. The van der Waals surface area contributed by atoms with E-state index in [0.29, 0.717) is 6.42 Å². The summed E-state index contributed by atoms with van der Waals surface area (Å²) < 4.78 is 38.4. The summed E-state index contributed by atoms with van der Waals surface area (Å²) in [7, 11) is 0. The quantitative estimate of drug-likeness (QED) is 0.607. The highest BCUT2D eigenvalue weighted by atomic mass is 35.5. The fourth-order valence-electron chi connectivity index (χ4n) is 2.41. The molecule has 0 fully saturated rings. The Morgan fingerprint density at radius 1 is 1.15 bits per heavy atom. The number of carbonyl (C=O) groups excluding carboxylic acids is 1. The molecule has 0 saturated carbocycles. The van der Waals surface area contributed by atoms with Crippen molar-refractivity contribution in [2.24, 2.45) is 0 Å². The second-order valence-electron chi connectivity index (χ2n) is 5.71. The van der Waals surface area contributed by atoms with Gasteiger partial charge in [-0.15, -0.1) is 11.3 Å². The fourth-order valence-corrected chi connectivity index (χ4v) is 3.47. The van der Waals surface area contributed by atoms with Crippen LogP contribution in [0.5, 0.6) is 0 Å². The van der Waals surface area contributed by atoms with Crippen molar-refractivity contribution in [2.45, 2.75) is 12.6 Å². The van der Waals surface area contributed by atoms with Crippen molar-refractivity contribution in [2.75, 3.05) is 6.54 Å². The molecule has 0 aliphatic heterocycles. The van der Waals surface area contributed by atoms with E-state index in [0.717, 1.165) is 34.5 Å². The zero-order chi connectivity index (χ0) is 19.4. The fraction of sp³-hybridized carbons (Fsp3) is 0.158. The molecule has 0 aliphatic carbocycles. The van der Waals surface area contributed by atoms with Crippen LogP contribution in [0.4, 0.5) is 13.2 Å². The van der Waals surface area contributed by atoms with Gasteiger partial charge in [-0.25, -0.2) is 4.98 Å². The Kier molecular flexibility index (Phi) is 5.82. The molecule has 0 saturated heterocycles. The normalized spacial score (nSPS) is 11.4. The van der Waals surface area contributed by atoms with E-state index in [-0.39, 0.29) is 17.1 Å². The molecule has 2 aromatic carbocycles. The van der Waals surface area contributed by atoms with E-state index in [1.165, 1.54) is 11.3 Å². The Morgan fingerprint density at radius 3 is 2.59 bits per heavy atom. The predicted octanol–water partition coefficient (Wildman–Crippen LogP) is 5.45. The number of rotatable bonds is 5. The summed E-state index contributed by atoms with van der Waals surface area (Å²) in [6, 6.07) is 12.4. The zero-order valence-corrected chi connectivity index (χ0v) is 15.5. The van der Waals surface area contributed by atoms with Crippen LogP contribution in [0.25, 0.3) is 10.6 Å². The Balaban J connectivity index is 1.61. The van der Waals surface area contributed by atoms with Gasteiger partial charge < -0.3 is 5.32 Å². The van der Waals surface area contributed by atoms with Crippen molar-refractivity contribution in [3.8, 4) is 10.6 Å². The van der Waals surface area contributed by atoms with E-state index < -0.39 is 17.6 Å². The summed E-state index contributed by atoms with van der Waals surface area (Å²) in [5.74, 6) is -0.649. The highest BCUT2D eigenvalue weighted by Crippen LogP contribution is 2.31. The van der Waals surface area contributed by atoms with Crippen LogP contribution in [0.3, 0.4) is 0 Å². The minimum absolute atomic E-state index is 0.0273. The van der Waals surface area contributed by atoms with Gasteiger partial charge in [-0.3, -0.25) is 4.79 Å². The maximum absolute atomic E-state index is 12.8. The summed E-state index contributed by atoms with van der Waals surface area (Å²) in [6.45, 7) is 0.239. The Morgan fingerprint density at radius 2 is 1.89 bits per heavy atom. The van der Waals surface area contributed by atoms with Gasteiger partial charge in [0.1, 0.15) is 5.01 Å². The molecule has 1 aromatic heterocycles. The maximum Gasteiger partial charge on any atom is 0.416 e. The lowest BCUT2D eigenvalue weighted by atomic mass is 10.1. The van der Waals surface area contributed by atoms with Crippen molar-refractivity contribution in [3.63, 3.8) is 0 Å². The standard InChI is InChI=1S/C19H14ClF3N2OS/c20-16-7-6-13(19(21,22)23)10-15(16)17(26)24-9-8-14-11-27-18(25-14)12-4-2-1-3-5-12/h1-7,10-11H,8-9H2,(H,24,26). The van der Waals surface area contributed by atoms with E-state index in [2.05, 4.69) is 10.3 Å². The molecule has 0 bridgehead atoms. The van der Waals surface area contributed by atoms with Gasteiger partial charge >= 0.3 is 6.18 Å². The van der Waals surface area contributed by atoms with Crippen molar-refractivity contribution in [3.05, 3.63) is 75.8 Å². The van der Waals surface area contributed by atoms with Crippen LogP contribution in [0.15, 0.2) is 53.9 Å². The molecule has 1 N–H and O–H groups in total. The maximum atomic E-state index is 12.8. The topological polar surface area (TPSA) is 42.0 Å². The molecule has 0 radical (unpaired) electrons. The van der Waals surface area contributed by atoms with Gasteiger partial charge in [0.15, 0.2) is 0 Å². The number of alkyl halides is 3. The van der Waals surface area contributed by atoms with Crippen LogP contribution in [0.1, 0.15) is 21.6 Å². The van der Waals surface area contributed by atoms with Crippen molar-refractivity contribution >= 4 is 28.8 Å². The first-order valence-corrected chi connectivity index (χ1v) is 9.25. The summed E-state index contributed by atoms with van der Waals surface area (Å²) >= 11 is 7.36. The summed E-state index contributed by atoms with van der Waals surface area (Å²) in [5, 5.41) is 5.33. The number of thiazole rings is 1. The summed E-state index contributed by atoms with van der Waals surface area (Å²) in [4.78, 5) is 16.7. The van der Waals surface area contributed by atoms with Gasteiger partial charge in [0, 0.05) is 23.9 Å². The molecule has 27 heavy (non-hydrogen) atoms. The Labute approximate surface area is 162 Å². The Bertz CT molecular complexity index is 942.